The van der Waals surface area contributed by atoms with Gasteiger partial charge < -0.3 is 15.2 Å². The number of hydrazine groups is 2. The number of urea groups is 1. The summed E-state index contributed by atoms with van der Waals surface area (Å²) in [7, 11) is 0. The first-order valence-corrected chi connectivity index (χ1v) is 11.0. The highest BCUT2D eigenvalue weighted by Crippen LogP contribution is 2.23. The average molecular weight is 473 g/mol. The Kier molecular flexibility index (Phi) is 8.17. The van der Waals surface area contributed by atoms with Crippen LogP contribution in [0.3, 0.4) is 0 Å². The van der Waals surface area contributed by atoms with Gasteiger partial charge in [0.15, 0.2) is 0 Å². The molecule has 12 nitrogen and oxygen atoms in total. The van der Waals surface area contributed by atoms with E-state index in [9.17, 15) is 28.8 Å². The fraction of sp³-hybridized carbons (Fsp3) is 0.455. The number of fused-ring (bicyclic) bond motifs is 1. The lowest BCUT2D eigenvalue weighted by molar-refractivity contribution is -0.155. The molecule has 182 valence electrons. The Morgan fingerprint density at radius 3 is 2.56 bits per heavy atom. The second kappa shape index (κ2) is 11.3. The fourth-order valence-corrected chi connectivity index (χ4v) is 3.93. The highest BCUT2D eigenvalue weighted by atomic mass is 16.4. The topological polar surface area (TPSA) is 156 Å². The molecule has 2 aliphatic rings. The molecule has 0 bridgehead atoms. The van der Waals surface area contributed by atoms with E-state index in [2.05, 4.69) is 10.7 Å². The number of amides is 5. The van der Waals surface area contributed by atoms with E-state index in [0.29, 0.717) is 19.1 Å². The molecule has 3 rings (SSSR count). The molecule has 3 N–H and O–H groups in total. The number of carboxylic acid groups (broad SMARTS) is 1. The summed E-state index contributed by atoms with van der Waals surface area (Å²) in [6.07, 6.45) is 0.864. The fourth-order valence-electron chi connectivity index (χ4n) is 3.93. The van der Waals surface area contributed by atoms with E-state index >= 15 is 0 Å². The SMILES string of the molecule is O=C[C@H](CC(=O)O)NC(=O)[C@@H]1CCCN2C(=O)CCN(NC(=O)CCc3ccccc3)C(=O)N12. The van der Waals surface area contributed by atoms with Crippen LogP contribution in [0.4, 0.5) is 4.79 Å². The Bertz CT molecular complexity index is 954. The molecule has 12 heteroatoms. The molecule has 0 spiro atoms. The number of rotatable bonds is 9. The van der Waals surface area contributed by atoms with Gasteiger partial charge in [0.1, 0.15) is 12.3 Å². The van der Waals surface area contributed by atoms with Gasteiger partial charge in [0.2, 0.25) is 17.7 Å². The van der Waals surface area contributed by atoms with E-state index in [1.807, 2.05) is 30.3 Å². The molecule has 2 heterocycles. The zero-order chi connectivity index (χ0) is 24.7. The van der Waals surface area contributed by atoms with Crippen LogP contribution in [0.5, 0.6) is 0 Å². The van der Waals surface area contributed by atoms with Gasteiger partial charge in [-0.1, -0.05) is 30.3 Å². The van der Waals surface area contributed by atoms with Crippen LogP contribution in [0.25, 0.3) is 0 Å². The van der Waals surface area contributed by atoms with Gasteiger partial charge in [0.05, 0.1) is 19.0 Å². The van der Waals surface area contributed by atoms with Crippen molar-refractivity contribution in [3.05, 3.63) is 35.9 Å². The maximum absolute atomic E-state index is 13.3. The minimum Gasteiger partial charge on any atom is -0.481 e. The summed E-state index contributed by atoms with van der Waals surface area (Å²) in [5.74, 6) is -2.82. The van der Waals surface area contributed by atoms with Crippen molar-refractivity contribution >= 4 is 36.0 Å². The number of carboxylic acids is 1. The highest BCUT2D eigenvalue weighted by molar-refractivity contribution is 5.92. The Hall–Kier alpha value is -3.96. The van der Waals surface area contributed by atoms with Gasteiger partial charge in [0, 0.05) is 19.4 Å². The summed E-state index contributed by atoms with van der Waals surface area (Å²) in [6.45, 7) is 0.155. The molecule has 0 aliphatic carbocycles. The zero-order valence-corrected chi connectivity index (χ0v) is 18.5. The summed E-state index contributed by atoms with van der Waals surface area (Å²) < 4.78 is 0. The van der Waals surface area contributed by atoms with Crippen molar-refractivity contribution in [1.82, 2.24) is 25.8 Å². The van der Waals surface area contributed by atoms with Gasteiger partial charge in [-0.2, -0.15) is 0 Å². The summed E-state index contributed by atoms with van der Waals surface area (Å²) in [5.41, 5.74) is 3.49. The standard InChI is InChI=1S/C22H27N5O7/c28-14-16(13-20(31)32)23-21(33)17-7-4-11-26-19(30)10-12-25(22(34)27(17)26)24-18(29)9-8-15-5-2-1-3-6-15/h1-3,5-6,14,16-17H,4,7-13H2,(H,23,33)(H,24,29)(H,31,32)/t16-,17-/m0/s1. The van der Waals surface area contributed by atoms with Gasteiger partial charge in [-0.15, -0.1) is 0 Å². The van der Waals surface area contributed by atoms with E-state index in [1.165, 1.54) is 5.01 Å². The van der Waals surface area contributed by atoms with Crippen LogP contribution in [0.2, 0.25) is 0 Å². The van der Waals surface area contributed by atoms with Crippen LogP contribution in [0.1, 0.15) is 37.7 Å². The smallest absolute Gasteiger partial charge is 0.358 e. The Labute approximate surface area is 195 Å². The van der Waals surface area contributed by atoms with Gasteiger partial charge in [-0.25, -0.2) is 19.8 Å². The number of aldehydes is 1. The van der Waals surface area contributed by atoms with Crippen molar-refractivity contribution in [2.24, 2.45) is 0 Å². The first-order chi connectivity index (χ1) is 16.3. The number of nitrogens with one attached hydrogen (secondary N) is 2. The van der Waals surface area contributed by atoms with Gasteiger partial charge in [0.25, 0.3) is 0 Å². The summed E-state index contributed by atoms with van der Waals surface area (Å²) in [5, 5.41) is 14.4. The normalized spacial score (nSPS) is 19.1. The molecule has 1 aromatic carbocycles. The lowest BCUT2D eigenvalue weighted by Crippen LogP contribution is -2.64. The highest BCUT2D eigenvalue weighted by Gasteiger charge is 2.44. The number of aliphatic carboxylic acids is 1. The molecule has 2 atom stereocenters. The van der Waals surface area contributed by atoms with Crippen LogP contribution < -0.4 is 10.7 Å². The maximum atomic E-state index is 13.3. The number of carbonyl (C=O) groups excluding carboxylic acids is 5. The predicted octanol–water partition coefficient (Wildman–Crippen LogP) is -0.157. The van der Waals surface area contributed by atoms with Crippen molar-refractivity contribution in [2.45, 2.75) is 50.6 Å². The largest absolute Gasteiger partial charge is 0.481 e. The molecular weight excluding hydrogens is 446 g/mol. The minimum atomic E-state index is -1.27. The Morgan fingerprint density at radius 1 is 1.15 bits per heavy atom. The van der Waals surface area contributed by atoms with Crippen molar-refractivity contribution < 1.29 is 33.9 Å². The number of benzene rings is 1. The Balaban J connectivity index is 1.71. The van der Waals surface area contributed by atoms with Crippen LogP contribution in [-0.2, 0) is 30.4 Å². The number of hydrogen-bond acceptors (Lipinski definition) is 6. The summed E-state index contributed by atoms with van der Waals surface area (Å²) in [4.78, 5) is 73.4. The molecule has 0 unspecified atom stereocenters. The van der Waals surface area contributed by atoms with E-state index in [-0.39, 0.29) is 38.3 Å². The second-order valence-electron chi connectivity index (χ2n) is 8.07. The van der Waals surface area contributed by atoms with Crippen LogP contribution >= 0.6 is 0 Å². The predicted molar refractivity (Wildman–Crippen MR) is 116 cm³/mol. The number of carbonyl (C=O) groups is 6. The first kappa shape index (κ1) is 24.7. The van der Waals surface area contributed by atoms with Crippen molar-refractivity contribution in [3.63, 3.8) is 0 Å². The molecule has 5 amide bonds. The van der Waals surface area contributed by atoms with Gasteiger partial charge >= 0.3 is 12.0 Å². The molecule has 2 aliphatic heterocycles. The number of hydrogen-bond donors (Lipinski definition) is 3. The van der Waals surface area contributed by atoms with E-state index in [4.69, 9.17) is 5.11 Å². The molecular formula is C22H27N5O7. The van der Waals surface area contributed by atoms with E-state index in [1.54, 1.807) is 0 Å². The van der Waals surface area contributed by atoms with E-state index in [0.717, 1.165) is 15.6 Å². The number of aryl methyl sites for hydroxylation is 1. The molecule has 0 saturated carbocycles. The quantitative estimate of drug-likeness (QED) is 0.421. The molecule has 1 aromatic rings. The molecule has 0 radical (unpaired) electrons. The van der Waals surface area contributed by atoms with E-state index < -0.39 is 42.3 Å². The number of nitrogens with zero attached hydrogens (tertiary/aromatic N) is 3. The third-order valence-electron chi connectivity index (χ3n) is 5.60. The minimum absolute atomic E-state index is 0.0501. The third-order valence-corrected chi connectivity index (χ3v) is 5.60. The van der Waals surface area contributed by atoms with Crippen molar-refractivity contribution in [2.75, 3.05) is 13.1 Å². The lowest BCUT2D eigenvalue weighted by atomic mass is 10.1. The van der Waals surface area contributed by atoms with Crippen LogP contribution in [0.15, 0.2) is 30.3 Å². The summed E-state index contributed by atoms with van der Waals surface area (Å²) in [6, 6.07) is 6.20. The summed E-state index contributed by atoms with van der Waals surface area (Å²) >= 11 is 0. The molecule has 2 fully saturated rings. The lowest BCUT2D eigenvalue weighted by Gasteiger charge is -2.42. The Morgan fingerprint density at radius 2 is 1.88 bits per heavy atom. The van der Waals surface area contributed by atoms with Gasteiger partial charge in [-0.3, -0.25) is 24.6 Å². The molecule has 0 aromatic heterocycles. The second-order valence-corrected chi connectivity index (χ2v) is 8.07. The first-order valence-electron chi connectivity index (χ1n) is 11.0. The monoisotopic (exact) mass is 473 g/mol. The van der Waals surface area contributed by atoms with Crippen molar-refractivity contribution in [3.8, 4) is 0 Å². The maximum Gasteiger partial charge on any atom is 0.358 e. The third kappa shape index (κ3) is 6.09. The van der Waals surface area contributed by atoms with Crippen LogP contribution in [0, 0.1) is 0 Å². The zero-order valence-electron chi connectivity index (χ0n) is 18.5. The van der Waals surface area contributed by atoms with Crippen molar-refractivity contribution in [1.29, 1.82) is 0 Å². The van der Waals surface area contributed by atoms with Gasteiger partial charge in [-0.05, 0) is 24.8 Å². The molecule has 34 heavy (non-hydrogen) atoms. The average Bonchev–Trinajstić information content (AvgIpc) is 2.94. The molecule has 2 saturated heterocycles. The van der Waals surface area contributed by atoms with Crippen LogP contribution in [-0.4, -0.2) is 81.3 Å².